The van der Waals surface area contributed by atoms with Crippen molar-refractivity contribution >= 4 is 5.82 Å². The van der Waals surface area contributed by atoms with Crippen molar-refractivity contribution in [2.45, 2.75) is 39.7 Å². The fourth-order valence-corrected chi connectivity index (χ4v) is 4.22. The van der Waals surface area contributed by atoms with Crippen molar-refractivity contribution in [1.82, 2.24) is 24.9 Å². The largest absolute Gasteiger partial charge is 0.356 e. The highest BCUT2D eigenvalue weighted by atomic mass is 16.5. The molecule has 4 heterocycles. The Morgan fingerprint density at radius 1 is 1.11 bits per heavy atom. The Morgan fingerprint density at radius 3 is 2.64 bits per heavy atom. The van der Waals surface area contributed by atoms with E-state index in [2.05, 4.69) is 55.8 Å². The quantitative estimate of drug-likeness (QED) is 0.759. The molecule has 2 saturated heterocycles. The van der Waals surface area contributed by atoms with Gasteiger partial charge in [-0.25, -0.2) is 4.98 Å². The summed E-state index contributed by atoms with van der Waals surface area (Å²) >= 11 is 0. The molecule has 7 heteroatoms. The first-order valence-electron chi connectivity index (χ1n) is 10.7. The summed E-state index contributed by atoms with van der Waals surface area (Å²) in [5, 5.41) is 4.17. The van der Waals surface area contributed by atoms with Gasteiger partial charge in [0, 0.05) is 51.0 Å². The molecule has 28 heavy (non-hydrogen) atoms. The van der Waals surface area contributed by atoms with Crippen molar-refractivity contribution in [3.8, 4) is 11.4 Å². The molecule has 7 nitrogen and oxygen atoms in total. The SMILES string of the molecule is CCCN1CCN(Cc2nc(-c3ccc(N4CCC[C@H](C)C4)nc3)no2)CC1. The molecule has 0 amide bonds. The maximum atomic E-state index is 5.50. The van der Waals surface area contributed by atoms with Crippen molar-refractivity contribution in [2.75, 3.05) is 50.7 Å². The van der Waals surface area contributed by atoms with Gasteiger partial charge in [0.05, 0.1) is 6.54 Å². The summed E-state index contributed by atoms with van der Waals surface area (Å²) in [6, 6.07) is 4.14. The van der Waals surface area contributed by atoms with Crippen LogP contribution in [0.15, 0.2) is 22.9 Å². The first-order chi connectivity index (χ1) is 13.7. The van der Waals surface area contributed by atoms with Gasteiger partial charge in [-0.15, -0.1) is 0 Å². The van der Waals surface area contributed by atoms with E-state index >= 15 is 0 Å². The number of hydrogen-bond acceptors (Lipinski definition) is 7. The molecule has 0 aromatic carbocycles. The number of piperazine rings is 1. The van der Waals surface area contributed by atoms with Gasteiger partial charge in [-0.1, -0.05) is 19.0 Å². The van der Waals surface area contributed by atoms with Crippen LogP contribution < -0.4 is 4.90 Å². The van der Waals surface area contributed by atoms with Gasteiger partial charge < -0.3 is 14.3 Å². The van der Waals surface area contributed by atoms with E-state index in [1.54, 1.807) is 0 Å². The Hall–Kier alpha value is -1.99. The molecule has 0 spiro atoms. The Morgan fingerprint density at radius 2 is 1.93 bits per heavy atom. The number of rotatable bonds is 6. The van der Waals surface area contributed by atoms with Crippen molar-refractivity contribution in [1.29, 1.82) is 0 Å². The maximum absolute atomic E-state index is 5.50. The molecule has 0 N–H and O–H groups in total. The van der Waals surface area contributed by atoms with E-state index < -0.39 is 0 Å². The van der Waals surface area contributed by atoms with Gasteiger partial charge in [-0.05, 0) is 43.9 Å². The molecular formula is C21H32N6O. The molecule has 2 aromatic heterocycles. The van der Waals surface area contributed by atoms with E-state index in [9.17, 15) is 0 Å². The lowest BCUT2D eigenvalue weighted by Gasteiger charge is -2.33. The molecule has 0 saturated carbocycles. The van der Waals surface area contributed by atoms with Crippen LogP contribution in [0, 0.1) is 5.92 Å². The standard InChI is InChI=1S/C21H32N6O/c1-3-8-25-10-12-26(13-11-25)16-20-23-21(24-28-20)18-6-7-19(22-14-18)27-9-4-5-17(2)15-27/h6-7,14,17H,3-5,8-13,15-16H2,1-2H3/t17-/m0/s1. The Balaban J connectivity index is 1.34. The van der Waals surface area contributed by atoms with Gasteiger partial charge in [0.1, 0.15) is 5.82 Å². The summed E-state index contributed by atoms with van der Waals surface area (Å²) in [5.41, 5.74) is 0.913. The molecule has 0 aliphatic carbocycles. The third-order valence-electron chi connectivity index (χ3n) is 5.82. The average molecular weight is 385 g/mol. The third-order valence-corrected chi connectivity index (χ3v) is 5.82. The topological polar surface area (TPSA) is 61.5 Å². The van der Waals surface area contributed by atoms with Crippen LogP contribution in [-0.4, -0.2) is 70.7 Å². The third kappa shape index (κ3) is 4.70. The highest BCUT2D eigenvalue weighted by Crippen LogP contribution is 2.23. The van der Waals surface area contributed by atoms with Gasteiger partial charge in [-0.3, -0.25) is 4.90 Å². The van der Waals surface area contributed by atoms with Gasteiger partial charge in [-0.2, -0.15) is 4.98 Å². The van der Waals surface area contributed by atoms with Gasteiger partial charge >= 0.3 is 0 Å². The Kier molecular flexibility index (Phi) is 6.22. The molecular weight excluding hydrogens is 352 g/mol. The number of nitrogens with zero attached hydrogens (tertiary/aromatic N) is 6. The number of piperidine rings is 1. The zero-order valence-corrected chi connectivity index (χ0v) is 17.2. The summed E-state index contributed by atoms with van der Waals surface area (Å²) < 4.78 is 5.50. The van der Waals surface area contributed by atoms with E-state index in [0.717, 1.165) is 63.1 Å². The fraction of sp³-hybridized carbons (Fsp3) is 0.667. The minimum atomic E-state index is 0.630. The summed E-state index contributed by atoms with van der Waals surface area (Å²) in [7, 11) is 0. The normalized spacial score (nSPS) is 21.9. The predicted molar refractivity (Wildman–Crippen MR) is 110 cm³/mol. The van der Waals surface area contributed by atoms with Crippen LogP contribution >= 0.6 is 0 Å². The van der Waals surface area contributed by atoms with Crippen LogP contribution in [-0.2, 0) is 6.54 Å². The van der Waals surface area contributed by atoms with Crippen LogP contribution in [0.5, 0.6) is 0 Å². The highest BCUT2D eigenvalue weighted by molar-refractivity contribution is 5.55. The van der Waals surface area contributed by atoms with E-state index in [4.69, 9.17) is 4.52 Å². The van der Waals surface area contributed by atoms with E-state index in [-0.39, 0.29) is 0 Å². The van der Waals surface area contributed by atoms with E-state index in [1.807, 2.05) is 6.20 Å². The second kappa shape index (κ2) is 9.01. The van der Waals surface area contributed by atoms with Crippen LogP contribution in [0.3, 0.4) is 0 Å². The molecule has 0 unspecified atom stereocenters. The smallest absolute Gasteiger partial charge is 0.241 e. The zero-order valence-electron chi connectivity index (χ0n) is 17.2. The molecule has 2 aliphatic rings. The zero-order chi connectivity index (χ0) is 19.3. The maximum Gasteiger partial charge on any atom is 0.241 e. The lowest BCUT2D eigenvalue weighted by atomic mass is 10.0. The summed E-state index contributed by atoms with van der Waals surface area (Å²) in [6.07, 6.45) is 5.64. The summed E-state index contributed by atoms with van der Waals surface area (Å²) in [4.78, 5) is 16.5. The molecule has 4 rings (SSSR count). The molecule has 2 fully saturated rings. The summed E-state index contributed by atoms with van der Waals surface area (Å²) in [5.74, 6) is 3.10. The van der Waals surface area contributed by atoms with Crippen molar-refractivity contribution in [3.63, 3.8) is 0 Å². The van der Waals surface area contributed by atoms with Crippen LogP contribution in [0.25, 0.3) is 11.4 Å². The molecule has 152 valence electrons. The summed E-state index contributed by atoms with van der Waals surface area (Å²) in [6.45, 7) is 13.0. The lowest BCUT2D eigenvalue weighted by Crippen LogP contribution is -2.46. The first kappa shape index (κ1) is 19.3. The predicted octanol–water partition coefficient (Wildman–Crippen LogP) is 2.90. The lowest BCUT2D eigenvalue weighted by molar-refractivity contribution is 0.117. The van der Waals surface area contributed by atoms with Crippen LogP contribution in [0.1, 0.15) is 39.0 Å². The molecule has 0 bridgehead atoms. The number of hydrogen-bond donors (Lipinski definition) is 0. The second-order valence-electron chi connectivity index (χ2n) is 8.23. The minimum Gasteiger partial charge on any atom is -0.356 e. The van der Waals surface area contributed by atoms with Crippen molar-refractivity contribution in [3.05, 3.63) is 24.2 Å². The monoisotopic (exact) mass is 384 g/mol. The number of anilines is 1. The van der Waals surface area contributed by atoms with E-state index in [1.165, 1.54) is 25.8 Å². The molecule has 2 aromatic rings. The Bertz CT molecular complexity index is 738. The number of pyridine rings is 1. The minimum absolute atomic E-state index is 0.630. The molecule has 1 atom stereocenters. The average Bonchev–Trinajstić information content (AvgIpc) is 3.18. The van der Waals surface area contributed by atoms with Crippen LogP contribution in [0.2, 0.25) is 0 Å². The molecule has 0 radical (unpaired) electrons. The highest BCUT2D eigenvalue weighted by Gasteiger charge is 2.20. The van der Waals surface area contributed by atoms with Crippen molar-refractivity contribution < 1.29 is 4.52 Å². The van der Waals surface area contributed by atoms with E-state index in [0.29, 0.717) is 11.7 Å². The van der Waals surface area contributed by atoms with Crippen LogP contribution in [0.4, 0.5) is 5.82 Å². The molecule has 2 aliphatic heterocycles. The second-order valence-corrected chi connectivity index (χ2v) is 8.23. The van der Waals surface area contributed by atoms with Crippen molar-refractivity contribution in [2.24, 2.45) is 5.92 Å². The number of aromatic nitrogens is 3. The first-order valence-corrected chi connectivity index (χ1v) is 10.7. The fourth-order valence-electron chi connectivity index (χ4n) is 4.22. The van der Waals surface area contributed by atoms with Gasteiger partial charge in [0.25, 0.3) is 0 Å². The van der Waals surface area contributed by atoms with Gasteiger partial charge in [0.2, 0.25) is 11.7 Å². The Labute approximate surface area is 167 Å². The van der Waals surface area contributed by atoms with Gasteiger partial charge in [0.15, 0.2) is 0 Å².